The van der Waals surface area contributed by atoms with Crippen molar-refractivity contribution in [2.45, 2.75) is 19.8 Å². The van der Waals surface area contributed by atoms with Crippen LogP contribution in [0.3, 0.4) is 0 Å². The standard InChI is InChI=1S/C33H28I4N2O7S.C4H7NO4/c1-16-9-20(10-17(2)30(16)44-3)28(40)18-5-7-21(8-6-18)38-33(43)39-47-15-23(32(42)45-4)19-11-26(36)31(27(37)12-19)46-22-13-24(34)29(41)25(35)14-22;6-3(7)1-5-2-4(8)9/h5-14,23,41H,15H2,1-4H3,(H2,38,39,43);5H,1-2H2,(H,6,7)(H,8,9). The number of aromatic hydroxyl groups is 1. The Morgan fingerprint density at radius 3 is 1.77 bits per heavy atom. The van der Waals surface area contributed by atoms with Crippen LogP contribution in [0.4, 0.5) is 10.5 Å². The molecule has 0 saturated carbocycles. The summed E-state index contributed by atoms with van der Waals surface area (Å²) in [4.78, 5) is 58.0. The van der Waals surface area contributed by atoms with Gasteiger partial charge in [-0.05, 0) is 194 Å². The van der Waals surface area contributed by atoms with Gasteiger partial charge in [-0.25, -0.2) is 4.79 Å². The molecule has 0 aromatic heterocycles. The number of anilines is 1. The zero-order valence-electron chi connectivity index (χ0n) is 30.0. The van der Waals surface area contributed by atoms with Crippen LogP contribution in [0, 0.1) is 28.1 Å². The van der Waals surface area contributed by atoms with Crippen LogP contribution in [0.25, 0.3) is 0 Å². The molecule has 4 aromatic rings. The molecule has 2 amide bonds. The number of aryl methyl sites for hydroxylation is 2. The zero-order valence-corrected chi connectivity index (χ0v) is 39.4. The summed E-state index contributed by atoms with van der Waals surface area (Å²) in [5.41, 5.74) is 4.02. The number of phenolic OH excluding ortho intramolecular Hbond substituents is 1. The van der Waals surface area contributed by atoms with Crippen LogP contribution in [0.1, 0.15) is 38.5 Å². The molecule has 4 rings (SSSR count). The number of benzene rings is 4. The summed E-state index contributed by atoms with van der Waals surface area (Å²) in [6.45, 7) is 3.17. The highest BCUT2D eigenvalue weighted by Crippen LogP contribution is 2.38. The number of esters is 1. The number of hydrogen-bond acceptors (Lipinski definition) is 11. The predicted octanol–water partition coefficient (Wildman–Crippen LogP) is 7.93. The second-order valence-electron chi connectivity index (χ2n) is 11.5. The van der Waals surface area contributed by atoms with Crippen LogP contribution in [0.2, 0.25) is 0 Å². The lowest BCUT2D eigenvalue weighted by molar-refractivity contribution is -0.142. The molecule has 1 unspecified atom stereocenters. The molecule has 0 radical (unpaired) electrons. The third-order valence-electron chi connectivity index (χ3n) is 7.42. The van der Waals surface area contributed by atoms with Gasteiger partial charge in [0.05, 0.1) is 47.5 Å². The number of amides is 2. The van der Waals surface area contributed by atoms with Gasteiger partial charge in [0.2, 0.25) is 0 Å². The van der Waals surface area contributed by atoms with Gasteiger partial charge in [-0.3, -0.25) is 29.2 Å². The Morgan fingerprint density at radius 2 is 1.29 bits per heavy atom. The van der Waals surface area contributed by atoms with Crippen molar-refractivity contribution in [3.8, 4) is 23.0 Å². The van der Waals surface area contributed by atoms with Gasteiger partial charge in [0.15, 0.2) is 11.5 Å². The minimum absolute atomic E-state index is 0.131. The van der Waals surface area contributed by atoms with Gasteiger partial charge >= 0.3 is 23.9 Å². The smallest absolute Gasteiger partial charge is 0.329 e. The highest BCUT2D eigenvalue weighted by molar-refractivity contribution is 14.1. The van der Waals surface area contributed by atoms with E-state index in [2.05, 4.69) is 106 Å². The van der Waals surface area contributed by atoms with Crippen molar-refractivity contribution in [1.82, 2.24) is 10.0 Å². The van der Waals surface area contributed by atoms with Gasteiger partial charge in [-0.1, -0.05) is 0 Å². The number of nitrogens with one attached hydrogen (secondary N) is 3. The quantitative estimate of drug-likeness (QED) is 0.0290. The molecular formula is C37H35I4N3O11S. The number of carboxylic acids is 2. The fourth-order valence-corrected chi connectivity index (χ4v) is 9.45. The van der Waals surface area contributed by atoms with E-state index in [0.717, 1.165) is 36.0 Å². The van der Waals surface area contributed by atoms with E-state index in [-0.39, 0.29) is 30.4 Å². The lowest BCUT2D eigenvalue weighted by Gasteiger charge is -2.18. The fraction of sp³-hybridized carbons (Fsp3) is 0.216. The van der Waals surface area contributed by atoms with E-state index in [0.29, 0.717) is 41.0 Å². The number of ether oxygens (including phenoxy) is 3. The van der Waals surface area contributed by atoms with Crippen molar-refractivity contribution >= 4 is 138 Å². The van der Waals surface area contributed by atoms with E-state index in [1.54, 1.807) is 55.6 Å². The Kier molecular flexibility index (Phi) is 19.2. The number of carboxylic acid groups (broad SMARTS) is 2. The van der Waals surface area contributed by atoms with Crippen molar-refractivity contribution in [3.63, 3.8) is 0 Å². The molecule has 0 aliphatic carbocycles. The zero-order chi connectivity index (χ0) is 41.7. The van der Waals surface area contributed by atoms with Crippen molar-refractivity contribution in [2.75, 3.05) is 38.4 Å². The molecule has 0 aliphatic rings. The van der Waals surface area contributed by atoms with E-state index < -0.39 is 29.9 Å². The Balaban J connectivity index is 0.000000830. The van der Waals surface area contributed by atoms with Crippen molar-refractivity contribution in [2.24, 2.45) is 0 Å². The molecule has 56 heavy (non-hydrogen) atoms. The maximum Gasteiger partial charge on any atom is 0.329 e. The van der Waals surface area contributed by atoms with Gasteiger partial charge in [0.25, 0.3) is 0 Å². The van der Waals surface area contributed by atoms with Crippen molar-refractivity contribution < 1.29 is 53.5 Å². The molecule has 0 fully saturated rings. The number of phenols is 1. The topological polar surface area (TPSA) is 210 Å². The summed E-state index contributed by atoms with van der Waals surface area (Å²) in [6.07, 6.45) is 0. The first kappa shape index (κ1) is 47.2. The molecule has 0 heterocycles. The van der Waals surface area contributed by atoms with Gasteiger partial charge in [0, 0.05) is 22.6 Å². The number of urea groups is 1. The molecule has 298 valence electrons. The van der Waals surface area contributed by atoms with Crippen LogP contribution in [-0.4, -0.2) is 78.1 Å². The van der Waals surface area contributed by atoms with Gasteiger partial charge in [0.1, 0.15) is 17.2 Å². The van der Waals surface area contributed by atoms with Crippen LogP contribution in [0.5, 0.6) is 23.0 Å². The molecule has 0 saturated heterocycles. The molecular weight excluding hydrogens is 1200 g/mol. The summed E-state index contributed by atoms with van der Waals surface area (Å²) in [5.74, 6) is -0.958. The third-order valence-corrected chi connectivity index (χ3v) is 11.5. The first-order valence-electron chi connectivity index (χ1n) is 16.0. The Hall–Kier alpha value is -3.14. The number of carbonyl (C=O) groups excluding carboxylic acids is 3. The summed E-state index contributed by atoms with van der Waals surface area (Å²) >= 11 is 9.49. The molecule has 0 bridgehead atoms. The van der Waals surface area contributed by atoms with Crippen LogP contribution in [0.15, 0.2) is 60.7 Å². The second kappa shape index (κ2) is 22.7. The predicted molar refractivity (Wildman–Crippen MR) is 245 cm³/mol. The van der Waals surface area contributed by atoms with Crippen LogP contribution in [-0.2, 0) is 19.1 Å². The fourth-order valence-electron chi connectivity index (χ4n) is 4.94. The van der Waals surface area contributed by atoms with E-state index in [9.17, 15) is 29.1 Å². The minimum atomic E-state index is -1.06. The third kappa shape index (κ3) is 14.1. The highest BCUT2D eigenvalue weighted by atomic mass is 127. The second-order valence-corrected chi connectivity index (χ2v) is 17.0. The largest absolute Gasteiger partial charge is 0.506 e. The lowest BCUT2D eigenvalue weighted by atomic mass is 9.98. The minimum Gasteiger partial charge on any atom is -0.506 e. The van der Waals surface area contributed by atoms with Crippen LogP contribution >= 0.6 is 102 Å². The first-order chi connectivity index (χ1) is 26.4. The number of ketones is 1. The number of halogens is 4. The summed E-state index contributed by atoms with van der Waals surface area (Å²) in [5, 5.41) is 31.0. The number of methoxy groups -OCH3 is 2. The molecule has 6 N–H and O–H groups in total. The van der Waals surface area contributed by atoms with Gasteiger partial charge in [-0.2, -0.15) is 0 Å². The average molecular weight is 1240 g/mol. The van der Waals surface area contributed by atoms with E-state index in [1.165, 1.54) is 7.11 Å². The molecule has 1 atom stereocenters. The Bertz CT molecular complexity index is 2020. The number of hydrogen-bond donors (Lipinski definition) is 6. The van der Waals surface area contributed by atoms with Gasteiger partial charge in [-0.15, -0.1) is 0 Å². The van der Waals surface area contributed by atoms with Gasteiger partial charge < -0.3 is 34.8 Å². The molecule has 0 aliphatic heterocycles. The first-order valence-corrected chi connectivity index (χ1v) is 21.3. The van der Waals surface area contributed by atoms with E-state index in [1.807, 2.05) is 26.0 Å². The normalized spacial score (nSPS) is 11.0. The maximum atomic E-state index is 13.1. The van der Waals surface area contributed by atoms with Crippen LogP contribution < -0.4 is 24.8 Å². The molecule has 14 nitrogen and oxygen atoms in total. The van der Waals surface area contributed by atoms with E-state index in [4.69, 9.17) is 24.4 Å². The maximum absolute atomic E-state index is 13.1. The van der Waals surface area contributed by atoms with E-state index >= 15 is 0 Å². The number of aliphatic carboxylic acids is 2. The summed E-state index contributed by atoms with van der Waals surface area (Å²) < 4.78 is 22.3. The number of carbonyl (C=O) groups is 5. The summed E-state index contributed by atoms with van der Waals surface area (Å²) in [6, 6.07) is 17.0. The average Bonchev–Trinajstić information content (AvgIpc) is 3.13. The lowest BCUT2D eigenvalue weighted by Crippen LogP contribution is -2.27. The molecule has 4 aromatic carbocycles. The van der Waals surface area contributed by atoms with Crippen molar-refractivity contribution in [1.29, 1.82) is 0 Å². The SMILES string of the molecule is COC(=O)C(CSNC(=O)Nc1ccc(C(=O)c2cc(C)c(OC)c(C)c2)cc1)c1cc(I)c(Oc2cc(I)c(O)c(I)c2)c(I)c1.O=C(O)CNCC(=O)O. The Labute approximate surface area is 381 Å². The monoisotopic (exact) mass is 1240 g/mol. The van der Waals surface area contributed by atoms with Crippen molar-refractivity contribution in [3.05, 3.63) is 103 Å². The molecule has 0 spiro atoms. The Morgan fingerprint density at radius 1 is 0.750 bits per heavy atom. The summed E-state index contributed by atoms with van der Waals surface area (Å²) in [7, 11) is 2.93. The highest BCUT2D eigenvalue weighted by Gasteiger charge is 2.25. The molecule has 19 heteroatoms. The number of rotatable bonds is 15.